The lowest BCUT2D eigenvalue weighted by Crippen LogP contribution is -2.54. The zero-order valence-corrected chi connectivity index (χ0v) is 12.0. The molecule has 0 aliphatic carbocycles. The number of piperazine rings is 1. The minimum absolute atomic E-state index is 0. The molecule has 2 fully saturated rings. The van der Waals surface area contributed by atoms with Gasteiger partial charge >= 0.3 is 0 Å². The first kappa shape index (κ1) is 19.1. The largest absolute Gasteiger partial charge is 0.378 e. The Morgan fingerprint density at radius 3 is 2.00 bits per heavy atom. The number of likely N-dealkylation sites (N-methyl/N-ethyl adjacent to an activating group) is 1. The molecule has 0 unspecified atom stereocenters. The van der Waals surface area contributed by atoms with E-state index in [0.717, 1.165) is 39.4 Å². The van der Waals surface area contributed by atoms with E-state index in [-0.39, 0.29) is 43.3 Å². The summed E-state index contributed by atoms with van der Waals surface area (Å²) in [6.07, 6.45) is 0. The predicted octanol–water partition coefficient (Wildman–Crippen LogP) is 0.225. The van der Waals surface area contributed by atoms with Gasteiger partial charge in [0.05, 0.1) is 19.3 Å². The zero-order chi connectivity index (χ0) is 9.26. The Labute approximate surface area is 116 Å². The maximum absolute atomic E-state index is 5.96. The Morgan fingerprint density at radius 1 is 1.00 bits per heavy atom. The first-order chi connectivity index (χ1) is 6.27. The van der Waals surface area contributed by atoms with Gasteiger partial charge in [-0.05, 0) is 7.05 Å². The average Bonchev–Trinajstić information content (AvgIpc) is 2.53. The molecule has 2 N–H and O–H groups in total. The molecule has 2 atom stereocenters. The molecule has 4 nitrogen and oxygen atoms in total. The van der Waals surface area contributed by atoms with E-state index in [1.54, 1.807) is 0 Å². The summed E-state index contributed by atoms with van der Waals surface area (Å²) < 4.78 is 5.37. The second-order valence-corrected chi connectivity index (χ2v) is 4.11. The second kappa shape index (κ2) is 8.75. The lowest BCUT2D eigenvalue weighted by molar-refractivity contribution is 0.0939. The molecule has 2 aliphatic heterocycles. The molecule has 2 saturated heterocycles. The molecule has 0 radical (unpaired) electrons. The second-order valence-electron chi connectivity index (χ2n) is 4.11. The summed E-state index contributed by atoms with van der Waals surface area (Å²) >= 11 is 0. The van der Waals surface area contributed by atoms with Crippen molar-refractivity contribution < 1.29 is 4.74 Å². The molecular formula is C9H22Cl3N3O. The molecule has 2 heterocycles. The van der Waals surface area contributed by atoms with Crippen LogP contribution in [0.2, 0.25) is 0 Å². The van der Waals surface area contributed by atoms with Crippen LogP contribution in [-0.4, -0.2) is 68.3 Å². The van der Waals surface area contributed by atoms with Crippen molar-refractivity contribution in [3.8, 4) is 0 Å². The Kier molecular flexibility index (Phi) is 10.4. The van der Waals surface area contributed by atoms with Crippen LogP contribution in [0.4, 0.5) is 0 Å². The van der Waals surface area contributed by atoms with E-state index in [1.807, 2.05) is 0 Å². The van der Waals surface area contributed by atoms with Gasteiger partial charge in [-0.15, -0.1) is 37.2 Å². The van der Waals surface area contributed by atoms with Gasteiger partial charge in [0.25, 0.3) is 0 Å². The first-order valence-electron chi connectivity index (χ1n) is 5.03. The summed E-state index contributed by atoms with van der Waals surface area (Å²) in [6.45, 7) is 6.14. The summed E-state index contributed by atoms with van der Waals surface area (Å²) in [5.74, 6) is 0. The third-order valence-corrected chi connectivity index (χ3v) is 3.10. The number of ether oxygens (including phenoxy) is 1. The first-order valence-corrected chi connectivity index (χ1v) is 5.03. The molecule has 0 spiro atoms. The molecule has 0 aromatic carbocycles. The molecule has 16 heavy (non-hydrogen) atoms. The Morgan fingerprint density at radius 2 is 1.56 bits per heavy atom. The van der Waals surface area contributed by atoms with Gasteiger partial charge in [0.1, 0.15) is 0 Å². The molecule has 0 aromatic rings. The Bertz CT molecular complexity index is 179. The van der Waals surface area contributed by atoms with Gasteiger partial charge in [-0.2, -0.15) is 0 Å². The highest BCUT2D eigenvalue weighted by Gasteiger charge is 2.31. The third-order valence-electron chi connectivity index (χ3n) is 3.10. The molecule has 0 saturated carbocycles. The van der Waals surface area contributed by atoms with Gasteiger partial charge < -0.3 is 15.4 Å². The molecule has 2 rings (SSSR count). The third kappa shape index (κ3) is 4.53. The average molecular weight is 295 g/mol. The van der Waals surface area contributed by atoms with Crippen molar-refractivity contribution in [3.05, 3.63) is 0 Å². The summed E-state index contributed by atoms with van der Waals surface area (Å²) in [5.41, 5.74) is 5.96. The Hall–Kier alpha value is 0.710. The number of nitrogens with zero attached hydrogens (tertiary/aromatic N) is 2. The highest BCUT2D eigenvalue weighted by Crippen LogP contribution is 2.13. The highest BCUT2D eigenvalue weighted by atomic mass is 35.5. The van der Waals surface area contributed by atoms with Crippen LogP contribution < -0.4 is 5.73 Å². The molecule has 0 aromatic heterocycles. The van der Waals surface area contributed by atoms with Crippen LogP contribution in [0.5, 0.6) is 0 Å². The van der Waals surface area contributed by atoms with E-state index in [2.05, 4.69) is 16.8 Å². The number of hydrogen-bond donors (Lipinski definition) is 1. The lowest BCUT2D eigenvalue weighted by Gasteiger charge is -2.37. The van der Waals surface area contributed by atoms with Gasteiger partial charge in [0.2, 0.25) is 0 Å². The topological polar surface area (TPSA) is 41.7 Å². The Balaban J connectivity index is 0. The molecule has 0 bridgehead atoms. The monoisotopic (exact) mass is 293 g/mol. The summed E-state index contributed by atoms with van der Waals surface area (Å²) in [4.78, 5) is 4.83. The van der Waals surface area contributed by atoms with E-state index < -0.39 is 0 Å². The van der Waals surface area contributed by atoms with Crippen LogP contribution in [0, 0.1) is 0 Å². The van der Waals surface area contributed by atoms with E-state index in [4.69, 9.17) is 10.5 Å². The molecule has 100 valence electrons. The predicted molar refractivity (Wildman–Crippen MR) is 73.4 cm³/mol. The standard InChI is InChI=1S/C9H19N3O.3ClH/c1-11-2-4-12(5-3-11)9-7-13-6-8(9)10;;;/h8-9H,2-7,10H2,1H3;3*1H/t8-,9-;;;/m0.../s1. The fourth-order valence-electron chi connectivity index (χ4n) is 2.09. The van der Waals surface area contributed by atoms with Crippen molar-refractivity contribution >= 4 is 37.2 Å². The van der Waals surface area contributed by atoms with Crippen LogP contribution in [0.3, 0.4) is 0 Å². The quantitative estimate of drug-likeness (QED) is 0.751. The van der Waals surface area contributed by atoms with E-state index in [9.17, 15) is 0 Å². The van der Waals surface area contributed by atoms with E-state index in [1.165, 1.54) is 0 Å². The van der Waals surface area contributed by atoms with Gasteiger partial charge in [-0.3, -0.25) is 4.90 Å². The maximum atomic E-state index is 5.96. The summed E-state index contributed by atoms with van der Waals surface area (Å²) in [5, 5.41) is 0. The van der Waals surface area contributed by atoms with Crippen molar-refractivity contribution in [3.63, 3.8) is 0 Å². The van der Waals surface area contributed by atoms with Gasteiger partial charge in [-0.1, -0.05) is 0 Å². The zero-order valence-electron chi connectivity index (χ0n) is 9.50. The smallest absolute Gasteiger partial charge is 0.0638 e. The van der Waals surface area contributed by atoms with Crippen LogP contribution in [0.25, 0.3) is 0 Å². The fourth-order valence-corrected chi connectivity index (χ4v) is 2.09. The van der Waals surface area contributed by atoms with E-state index in [0.29, 0.717) is 6.04 Å². The minimum atomic E-state index is 0. The van der Waals surface area contributed by atoms with Crippen molar-refractivity contribution in [1.29, 1.82) is 0 Å². The van der Waals surface area contributed by atoms with Crippen molar-refractivity contribution in [2.45, 2.75) is 12.1 Å². The van der Waals surface area contributed by atoms with Crippen molar-refractivity contribution in [1.82, 2.24) is 9.80 Å². The normalized spacial score (nSPS) is 31.1. The summed E-state index contributed by atoms with van der Waals surface area (Å²) in [7, 11) is 2.17. The molecular weight excluding hydrogens is 272 g/mol. The van der Waals surface area contributed by atoms with Crippen molar-refractivity contribution in [2.24, 2.45) is 5.73 Å². The SMILES string of the molecule is CN1CCN([C@H]2COC[C@@H]2N)CC1.Cl.Cl.Cl. The fraction of sp³-hybridized carbons (Fsp3) is 1.00. The number of rotatable bonds is 1. The van der Waals surface area contributed by atoms with Crippen LogP contribution in [-0.2, 0) is 4.74 Å². The van der Waals surface area contributed by atoms with E-state index >= 15 is 0 Å². The number of halogens is 3. The van der Waals surface area contributed by atoms with Gasteiger partial charge in [-0.25, -0.2) is 0 Å². The van der Waals surface area contributed by atoms with Gasteiger partial charge in [0.15, 0.2) is 0 Å². The van der Waals surface area contributed by atoms with Crippen LogP contribution >= 0.6 is 37.2 Å². The number of nitrogens with two attached hydrogens (primary N) is 1. The molecule has 2 aliphatic rings. The number of hydrogen-bond acceptors (Lipinski definition) is 4. The molecule has 7 heteroatoms. The molecule has 0 amide bonds. The summed E-state index contributed by atoms with van der Waals surface area (Å²) in [6, 6.07) is 0.692. The lowest BCUT2D eigenvalue weighted by atomic mass is 10.1. The minimum Gasteiger partial charge on any atom is -0.378 e. The van der Waals surface area contributed by atoms with Gasteiger partial charge in [0, 0.05) is 32.2 Å². The van der Waals surface area contributed by atoms with Crippen LogP contribution in [0.1, 0.15) is 0 Å². The van der Waals surface area contributed by atoms with Crippen molar-refractivity contribution in [2.75, 3.05) is 46.4 Å². The maximum Gasteiger partial charge on any atom is 0.0638 e. The van der Waals surface area contributed by atoms with Crippen LogP contribution in [0.15, 0.2) is 0 Å². The highest BCUT2D eigenvalue weighted by molar-refractivity contribution is 5.86.